The number of halogens is 2. The summed E-state index contributed by atoms with van der Waals surface area (Å²) in [7, 11) is 0. The van der Waals surface area contributed by atoms with Gasteiger partial charge in [-0.1, -0.05) is 23.2 Å². The van der Waals surface area contributed by atoms with Crippen LogP contribution >= 0.6 is 23.2 Å². The van der Waals surface area contributed by atoms with Crippen LogP contribution in [-0.4, -0.2) is 33.4 Å². The van der Waals surface area contributed by atoms with Gasteiger partial charge in [0.2, 0.25) is 0 Å². The molecule has 0 bridgehead atoms. The normalized spacial score (nSPS) is 12.5. The molecule has 5 N–H and O–H groups in total. The molecule has 0 aliphatic carbocycles. The summed E-state index contributed by atoms with van der Waals surface area (Å²) in [5.74, 6) is -1.47. The number of pyridine rings is 2. The number of ether oxygens (including phenoxy) is 1. The Morgan fingerprint density at radius 3 is 2.21 bits per heavy atom. The van der Waals surface area contributed by atoms with E-state index in [0.29, 0.717) is 11.3 Å². The summed E-state index contributed by atoms with van der Waals surface area (Å²) in [4.78, 5) is 33.6. The van der Waals surface area contributed by atoms with Crippen LogP contribution < -0.4 is 16.8 Å². The first-order valence-electron chi connectivity index (χ1n) is 8.30. The molecular formula is C18H21Cl2N5O3. The van der Waals surface area contributed by atoms with Crippen molar-refractivity contribution >= 4 is 46.3 Å². The van der Waals surface area contributed by atoms with Gasteiger partial charge in [0.25, 0.3) is 0 Å². The number of hydrogen-bond donors (Lipinski definition) is 3. The summed E-state index contributed by atoms with van der Waals surface area (Å²) in [5.41, 5.74) is 11.8. The maximum Gasteiger partial charge on any atom is 0.331 e. The molecule has 2 rings (SSSR count). The van der Waals surface area contributed by atoms with E-state index in [1.54, 1.807) is 26.8 Å². The molecule has 2 aromatic heterocycles. The number of carbonyl (C=O) groups excluding carboxylic acids is 2. The standard InChI is InChI=1S/C18H21Cl2N5O3/c1-18(2,3)28-17(27)13(14(26)12-11(22)5-7-24-16(12)20)25-8-9-10(21)4-6-23-15(9)19/h4-7,13,25H,8H2,1-3H3,(H2,21,23)(H2,22,24). The molecule has 1 unspecified atom stereocenters. The fourth-order valence-electron chi connectivity index (χ4n) is 2.34. The van der Waals surface area contributed by atoms with Crippen LogP contribution in [0, 0.1) is 0 Å². The predicted octanol–water partition coefficient (Wildman–Crippen LogP) is 2.63. The Labute approximate surface area is 172 Å². The van der Waals surface area contributed by atoms with Gasteiger partial charge in [-0.25, -0.2) is 14.8 Å². The van der Waals surface area contributed by atoms with E-state index in [0.717, 1.165) is 0 Å². The van der Waals surface area contributed by atoms with Gasteiger partial charge in [-0.05, 0) is 32.9 Å². The molecule has 2 heterocycles. The Balaban J connectivity index is 2.37. The Bertz CT molecular complexity index is 859. The minimum atomic E-state index is -1.40. The van der Waals surface area contributed by atoms with E-state index in [2.05, 4.69) is 15.3 Å². The molecule has 0 radical (unpaired) electrons. The van der Waals surface area contributed by atoms with Gasteiger partial charge in [0, 0.05) is 35.9 Å². The zero-order valence-corrected chi connectivity index (χ0v) is 17.1. The second-order valence-electron chi connectivity index (χ2n) is 6.95. The number of nitrogens with one attached hydrogen (secondary N) is 1. The van der Waals surface area contributed by atoms with Crippen molar-refractivity contribution in [3.8, 4) is 0 Å². The zero-order valence-electron chi connectivity index (χ0n) is 15.6. The highest BCUT2D eigenvalue weighted by Gasteiger charge is 2.34. The van der Waals surface area contributed by atoms with Gasteiger partial charge in [0.05, 0.1) is 5.56 Å². The Morgan fingerprint density at radius 1 is 1.11 bits per heavy atom. The van der Waals surface area contributed by atoms with Crippen molar-refractivity contribution in [2.45, 2.75) is 39.0 Å². The van der Waals surface area contributed by atoms with Gasteiger partial charge in [0.1, 0.15) is 15.9 Å². The number of carbonyl (C=O) groups is 2. The lowest BCUT2D eigenvalue weighted by atomic mass is 10.0. The molecule has 150 valence electrons. The smallest absolute Gasteiger partial charge is 0.331 e. The number of aromatic nitrogens is 2. The molecule has 0 spiro atoms. The first-order valence-corrected chi connectivity index (χ1v) is 9.06. The second kappa shape index (κ2) is 8.72. The van der Waals surface area contributed by atoms with E-state index in [-0.39, 0.29) is 28.1 Å². The van der Waals surface area contributed by atoms with E-state index in [1.807, 2.05) is 0 Å². The monoisotopic (exact) mass is 425 g/mol. The van der Waals surface area contributed by atoms with Gasteiger partial charge >= 0.3 is 5.97 Å². The molecular weight excluding hydrogens is 405 g/mol. The van der Waals surface area contributed by atoms with E-state index in [1.165, 1.54) is 18.5 Å². The molecule has 0 aliphatic heterocycles. The van der Waals surface area contributed by atoms with Crippen LogP contribution in [0.15, 0.2) is 24.5 Å². The van der Waals surface area contributed by atoms with Crippen LogP contribution in [-0.2, 0) is 16.1 Å². The molecule has 28 heavy (non-hydrogen) atoms. The van der Waals surface area contributed by atoms with E-state index in [9.17, 15) is 9.59 Å². The summed E-state index contributed by atoms with van der Waals surface area (Å²) in [6, 6.07) is 1.57. The highest BCUT2D eigenvalue weighted by molar-refractivity contribution is 6.34. The van der Waals surface area contributed by atoms with Crippen LogP contribution in [0.1, 0.15) is 36.7 Å². The van der Waals surface area contributed by atoms with E-state index < -0.39 is 23.4 Å². The quantitative estimate of drug-likeness (QED) is 0.278. The number of nitrogen functional groups attached to an aromatic ring is 2. The number of ketones is 1. The fourth-order valence-corrected chi connectivity index (χ4v) is 2.83. The van der Waals surface area contributed by atoms with Crippen LogP contribution in [0.5, 0.6) is 0 Å². The van der Waals surface area contributed by atoms with E-state index in [4.69, 9.17) is 39.4 Å². The lowest BCUT2D eigenvalue weighted by Gasteiger charge is -2.24. The first kappa shape index (κ1) is 21.9. The third kappa shape index (κ3) is 5.31. The fraction of sp³-hybridized carbons (Fsp3) is 0.333. The maximum atomic E-state index is 13.1. The SMILES string of the molecule is CC(C)(C)OC(=O)C(NCc1c(N)ccnc1Cl)C(=O)c1c(N)ccnc1Cl. The number of nitrogens with zero attached hydrogens (tertiary/aromatic N) is 2. The summed E-state index contributed by atoms with van der Waals surface area (Å²) >= 11 is 12.1. The first-order chi connectivity index (χ1) is 13.0. The van der Waals surface area contributed by atoms with Crippen molar-refractivity contribution in [2.75, 3.05) is 11.5 Å². The van der Waals surface area contributed by atoms with Gasteiger partial charge in [0.15, 0.2) is 11.8 Å². The number of Topliss-reactive ketones (excluding diaryl/α,β-unsaturated/α-hetero) is 1. The Hall–Kier alpha value is -2.42. The third-order valence-electron chi connectivity index (χ3n) is 3.61. The average molecular weight is 426 g/mol. The number of anilines is 2. The second-order valence-corrected chi connectivity index (χ2v) is 7.66. The lowest BCUT2D eigenvalue weighted by molar-refractivity contribution is -0.155. The van der Waals surface area contributed by atoms with Crippen LogP contribution in [0.2, 0.25) is 10.3 Å². The zero-order chi connectivity index (χ0) is 21.1. The van der Waals surface area contributed by atoms with Crippen molar-refractivity contribution in [1.82, 2.24) is 15.3 Å². The molecule has 10 heteroatoms. The molecule has 0 saturated carbocycles. The third-order valence-corrected chi connectivity index (χ3v) is 4.22. The summed E-state index contributed by atoms with van der Waals surface area (Å²) < 4.78 is 5.36. The van der Waals surface area contributed by atoms with Crippen molar-refractivity contribution in [1.29, 1.82) is 0 Å². The number of hydrogen-bond acceptors (Lipinski definition) is 8. The van der Waals surface area contributed by atoms with Crippen molar-refractivity contribution in [3.63, 3.8) is 0 Å². The van der Waals surface area contributed by atoms with Crippen LogP contribution in [0.25, 0.3) is 0 Å². The van der Waals surface area contributed by atoms with Gasteiger partial charge in [-0.2, -0.15) is 0 Å². The number of rotatable bonds is 6. The van der Waals surface area contributed by atoms with Crippen molar-refractivity contribution in [3.05, 3.63) is 46.0 Å². The molecule has 8 nitrogen and oxygen atoms in total. The summed E-state index contributed by atoms with van der Waals surface area (Å²) in [6.07, 6.45) is 2.81. The van der Waals surface area contributed by atoms with Crippen molar-refractivity contribution < 1.29 is 14.3 Å². The number of nitrogens with two attached hydrogens (primary N) is 2. The molecule has 0 saturated heterocycles. The largest absolute Gasteiger partial charge is 0.458 e. The summed E-state index contributed by atoms with van der Waals surface area (Å²) in [6.45, 7) is 5.06. The number of esters is 1. The van der Waals surface area contributed by atoms with Gasteiger partial charge < -0.3 is 16.2 Å². The minimum Gasteiger partial charge on any atom is -0.458 e. The van der Waals surface area contributed by atoms with Crippen LogP contribution in [0.4, 0.5) is 11.4 Å². The lowest BCUT2D eigenvalue weighted by Crippen LogP contribution is -2.46. The van der Waals surface area contributed by atoms with Crippen molar-refractivity contribution in [2.24, 2.45) is 0 Å². The molecule has 1 atom stereocenters. The molecule has 0 aromatic carbocycles. The molecule has 0 aliphatic rings. The maximum absolute atomic E-state index is 13.1. The highest BCUT2D eigenvalue weighted by Crippen LogP contribution is 2.24. The average Bonchev–Trinajstić information content (AvgIpc) is 2.55. The minimum absolute atomic E-state index is 0.00799. The van der Waals surface area contributed by atoms with Crippen LogP contribution in [0.3, 0.4) is 0 Å². The van der Waals surface area contributed by atoms with Gasteiger partial charge in [-0.3, -0.25) is 10.1 Å². The Morgan fingerprint density at radius 2 is 1.68 bits per heavy atom. The Kier molecular flexibility index (Phi) is 6.82. The highest BCUT2D eigenvalue weighted by atomic mass is 35.5. The molecule has 0 amide bonds. The topological polar surface area (TPSA) is 133 Å². The van der Waals surface area contributed by atoms with Gasteiger partial charge in [-0.15, -0.1) is 0 Å². The molecule has 0 fully saturated rings. The molecule has 2 aromatic rings. The predicted molar refractivity (Wildman–Crippen MR) is 108 cm³/mol. The summed E-state index contributed by atoms with van der Waals surface area (Å²) in [5, 5.41) is 2.86. The van der Waals surface area contributed by atoms with E-state index >= 15 is 0 Å².